The van der Waals surface area contributed by atoms with Crippen LogP contribution in [0.2, 0.25) is 0 Å². The number of nitriles is 1. The van der Waals surface area contributed by atoms with Gasteiger partial charge in [-0.05, 0) is 42.2 Å². The van der Waals surface area contributed by atoms with Crippen molar-refractivity contribution < 1.29 is 18.7 Å². The summed E-state index contributed by atoms with van der Waals surface area (Å²) < 4.78 is 19.0. The zero-order valence-electron chi connectivity index (χ0n) is 15.3. The maximum atomic E-state index is 14.0. The van der Waals surface area contributed by atoms with Gasteiger partial charge in [-0.2, -0.15) is 5.26 Å². The van der Waals surface area contributed by atoms with Crippen LogP contribution in [0.25, 0.3) is 6.08 Å². The highest BCUT2D eigenvalue weighted by Gasteiger charge is 2.19. The lowest BCUT2D eigenvalue weighted by Crippen LogP contribution is -2.36. The van der Waals surface area contributed by atoms with Crippen LogP contribution in [0.3, 0.4) is 0 Å². The molecule has 0 aliphatic carbocycles. The van der Waals surface area contributed by atoms with Crippen LogP contribution in [0.4, 0.5) is 10.1 Å². The molecule has 28 heavy (non-hydrogen) atoms. The van der Waals surface area contributed by atoms with Crippen molar-refractivity contribution >= 4 is 35.4 Å². The summed E-state index contributed by atoms with van der Waals surface area (Å²) in [6, 6.07) is 15.3. The molecule has 1 amide bonds. The van der Waals surface area contributed by atoms with Crippen LogP contribution in [-0.4, -0.2) is 31.3 Å². The van der Waals surface area contributed by atoms with Gasteiger partial charge in [0.05, 0.1) is 18.2 Å². The Morgan fingerprint density at radius 2 is 1.93 bits per heavy atom. The maximum absolute atomic E-state index is 14.0. The minimum Gasteiger partial charge on any atom is -0.452 e. The van der Waals surface area contributed by atoms with Crippen LogP contribution < -0.4 is 4.90 Å². The van der Waals surface area contributed by atoms with Gasteiger partial charge < -0.3 is 9.64 Å². The summed E-state index contributed by atoms with van der Waals surface area (Å²) >= 11 is 1.62. The van der Waals surface area contributed by atoms with E-state index in [1.807, 2.05) is 36.6 Å². The number of ether oxygens (including phenoxy) is 1. The van der Waals surface area contributed by atoms with Gasteiger partial charge in [0.1, 0.15) is 5.82 Å². The number of benzene rings is 2. The molecule has 7 heteroatoms. The number of halogens is 1. The first kappa shape index (κ1) is 21.2. The molecular formula is C21H19FN2O3S. The third-order valence-corrected chi connectivity index (χ3v) is 4.50. The molecule has 0 N–H and O–H groups in total. The van der Waals surface area contributed by atoms with E-state index in [0.717, 1.165) is 15.4 Å². The van der Waals surface area contributed by atoms with Crippen LogP contribution in [-0.2, 0) is 14.3 Å². The van der Waals surface area contributed by atoms with Gasteiger partial charge in [0, 0.05) is 17.5 Å². The first-order chi connectivity index (χ1) is 13.5. The van der Waals surface area contributed by atoms with E-state index in [2.05, 4.69) is 0 Å². The van der Waals surface area contributed by atoms with Crippen molar-refractivity contribution in [3.8, 4) is 6.07 Å². The van der Waals surface area contributed by atoms with Crippen molar-refractivity contribution in [1.82, 2.24) is 0 Å². The number of rotatable bonds is 8. The van der Waals surface area contributed by atoms with Gasteiger partial charge in [0.2, 0.25) is 0 Å². The number of para-hydroxylation sites is 1. The third-order valence-electron chi connectivity index (χ3n) is 3.76. The Morgan fingerprint density at radius 1 is 1.21 bits per heavy atom. The molecule has 0 aliphatic heterocycles. The summed E-state index contributed by atoms with van der Waals surface area (Å²) in [6.07, 6.45) is 4.81. The number of thioether (sulfide) groups is 1. The van der Waals surface area contributed by atoms with Gasteiger partial charge in [-0.1, -0.05) is 24.3 Å². The summed E-state index contributed by atoms with van der Waals surface area (Å²) in [5.41, 5.74) is 0.867. The Kier molecular flexibility index (Phi) is 8.25. The molecule has 0 heterocycles. The number of esters is 1. The van der Waals surface area contributed by atoms with E-state index >= 15 is 0 Å². The Hall–Kier alpha value is -3.11. The standard InChI is InChI=1S/C21H19FN2O3S/c1-28-17-10-7-16(8-11-17)9-12-21(26)27-15-20(25)24(14-4-13-23)19-6-3-2-5-18(19)22/h2-3,5-12H,4,14-15H2,1H3/b12-9+. The number of amides is 1. The van der Waals surface area contributed by atoms with Crippen molar-refractivity contribution in [2.45, 2.75) is 11.3 Å². The Bertz CT molecular complexity index is 891. The largest absolute Gasteiger partial charge is 0.452 e. The molecule has 0 unspecified atom stereocenters. The SMILES string of the molecule is CSc1ccc(/C=C/C(=O)OCC(=O)N(CCC#N)c2ccccc2F)cc1. The zero-order valence-corrected chi connectivity index (χ0v) is 16.1. The molecule has 0 radical (unpaired) electrons. The van der Waals surface area contributed by atoms with E-state index in [9.17, 15) is 14.0 Å². The van der Waals surface area contributed by atoms with Gasteiger partial charge in [-0.15, -0.1) is 11.8 Å². The Morgan fingerprint density at radius 3 is 2.57 bits per heavy atom. The molecule has 0 saturated heterocycles. The topological polar surface area (TPSA) is 70.4 Å². The molecule has 5 nitrogen and oxygen atoms in total. The van der Waals surface area contributed by atoms with Crippen LogP contribution in [0.1, 0.15) is 12.0 Å². The quantitative estimate of drug-likeness (QED) is 0.381. The fourth-order valence-electron chi connectivity index (χ4n) is 2.35. The minimum absolute atomic E-state index is 0.00540. The van der Waals surface area contributed by atoms with Crippen LogP contribution in [0.15, 0.2) is 59.5 Å². The van der Waals surface area contributed by atoms with Crippen LogP contribution in [0, 0.1) is 17.1 Å². The fraction of sp³-hybridized carbons (Fsp3) is 0.190. The summed E-state index contributed by atoms with van der Waals surface area (Å²) in [6.45, 7) is -0.542. The number of hydrogen-bond acceptors (Lipinski definition) is 5. The highest BCUT2D eigenvalue weighted by Crippen LogP contribution is 2.19. The molecule has 0 atom stereocenters. The summed E-state index contributed by atoms with van der Waals surface area (Å²) in [4.78, 5) is 26.5. The summed E-state index contributed by atoms with van der Waals surface area (Å²) in [5, 5.41) is 8.76. The second kappa shape index (κ2) is 10.9. The van der Waals surface area contributed by atoms with E-state index in [1.54, 1.807) is 23.9 Å². The lowest BCUT2D eigenvalue weighted by atomic mass is 10.2. The summed E-state index contributed by atoms with van der Waals surface area (Å²) in [5.74, 6) is -1.88. The predicted molar refractivity (Wildman–Crippen MR) is 107 cm³/mol. The van der Waals surface area contributed by atoms with Crippen molar-refractivity contribution in [2.24, 2.45) is 0 Å². The number of anilines is 1. The molecule has 0 bridgehead atoms. The normalized spacial score (nSPS) is 10.5. The van der Waals surface area contributed by atoms with E-state index in [-0.39, 0.29) is 18.7 Å². The van der Waals surface area contributed by atoms with Crippen molar-refractivity contribution in [3.05, 3.63) is 66.0 Å². The molecule has 0 saturated carbocycles. The van der Waals surface area contributed by atoms with Crippen molar-refractivity contribution in [1.29, 1.82) is 5.26 Å². The van der Waals surface area contributed by atoms with Gasteiger partial charge in [-0.25, -0.2) is 9.18 Å². The van der Waals surface area contributed by atoms with E-state index in [1.165, 1.54) is 24.3 Å². The third kappa shape index (κ3) is 6.25. The molecule has 144 valence electrons. The van der Waals surface area contributed by atoms with Crippen molar-refractivity contribution in [2.75, 3.05) is 24.3 Å². The molecular weight excluding hydrogens is 379 g/mol. The maximum Gasteiger partial charge on any atom is 0.331 e. The molecule has 2 rings (SSSR count). The van der Waals surface area contributed by atoms with Crippen LogP contribution in [0.5, 0.6) is 0 Å². The average molecular weight is 398 g/mol. The fourth-order valence-corrected chi connectivity index (χ4v) is 2.76. The monoisotopic (exact) mass is 398 g/mol. The second-order valence-electron chi connectivity index (χ2n) is 5.62. The molecule has 2 aromatic carbocycles. The minimum atomic E-state index is -0.684. The predicted octanol–water partition coefficient (Wildman–Crippen LogP) is 4.05. The Labute approximate surface area is 167 Å². The van der Waals surface area contributed by atoms with E-state index < -0.39 is 24.3 Å². The molecule has 0 aromatic heterocycles. The van der Waals surface area contributed by atoms with E-state index in [0.29, 0.717) is 0 Å². The number of carbonyl (C=O) groups is 2. The highest BCUT2D eigenvalue weighted by atomic mass is 32.2. The summed E-state index contributed by atoms with van der Waals surface area (Å²) in [7, 11) is 0. The van der Waals surface area contributed by atoms with Gasteiger partial charge >= 0.3 is 5.97 Å². The smallest absolute Gasteiger partial charge is 0.331 e. The molecule has 0 spiro atoms. The van der Waals surface area contributed by atoms with Crippen molar-refractivity contribution in [3.63, 3.8) is 0 Å². The van der Waals surface area contributed by atoms with E-state index in [4.69, 9.17) is 10.00 Å². The average Bonchev–Trinajstić information content (AvgIpc) is 2.72. The number of carbonyl (C=O) groups excluding carboxylic acids is 2. The molecule has 2 aromatic rings. The van der Waals surface area contributed by atoms with Gasteiger partial charge in [0.15, 0.2) is 6.61 Å². The van der Waals surface area contributed by atoms with Gasteiger partial charge in [-0.3, -0.25) is 4.79 Å². The number of hydrogen-bond donors (Lipinski definition) is 0. The second-order valence-corrected chi connectivity index (χ2v) is 6.50. The number of nitrogens with zero attached hydrogens (tertiary/aromatic N) is 2. The lowest BCUT2D eigenvalue weighted by Gasteiger charge is -2.21. The molecule has 0 aliphatic rings. The first-order valence-electron chi connectivity index (χ1n) is 8.46. The highest BCUT2D eigenvalue weighted by molar-refractivity contribution is 7.98. The zero-order chi connectivity index (χ0) is 20.4. The molecule has 0 fully saturated rings. The Balaban J connectivity index is 1.97. The lowest BCUT2D eigenvalue weighted by molar-refractivity contribution is -0.142. The van der Waals surface area contributed by atoms with Gasteiger partial charge in [0.25, 0.3) is 5.91 Å². The first-order valence-corrected chi connectivity index (χ1v) is 9.68. The van der Waals surface area contributed by atoms with Crippen LogP contribution >= 0.6 is 11.8 Å².